The Morgan fingerprint density at radius 3 is 2.94 bits per heavy atom. The molecule has 1 fully saturated rings. The Labute approximate surface area is 114 Å². The number of hydrogen-bond acceptors (Lipinski definition) is 3. The Balaban J connectivity index is 2.20. The maximum atomic E-state index is 13.6. The predicted molar refractivity (Wildman–Crippen MR) is 76.3 cm³/mol. The second-order valence-electron chi connectivity index (χ2n) is 4.08. The van der Waals surface area contributed by atoms with Crippen LogP contribution < -0.4 is 11.1 Å². The van der Waals surface area contributed by atoms with E-state index in [1.54, 1.807) is 17.8 Å². The maximum Gasteiger partial charge on any atom is 0.228 e. The molecular weight excluding hydrogens is 271 g/mol. The molecule has 0 aromatic heterocycles. The second-order valence-corrected chi connectivity index (χ2v) is 5.67. The third-order valence-corrected chi connectivity index (χ3v) is 4.18. The Hall–Kier alpha value is -1.14. The van der Waals surface area contributed by atoms with Gasteiger partial charge in [0.2, 0.25) is 5.91 Å². The van der Waals surface area contributed by atoms with Gasteiger partial charge in [0.1, 0.15) is 10.8 Å². The molecule has 1 unspecified atom stereocenters. The van der Waals surface area contributed by atoms with Crippen LogP contribution >= 0.6 is 24.0 Å². The SMILES string of the molecule is NC(=S)c1c(F)cccc1NC(=O)C1CCSC1. The summed E-state index contributed by atoms with van der Waals surface area (Å²) in [6.45, 7) is 0. The van der Waals surface area contributed by atoms with Crippen molar-refractivity contribution in [1.82, 2.24) is 0 Å². The highest BCUT2D eigenvalue weighted by Crippen LogP contribution is 2.26. The summed E-state index contributed by atoms with van der Waals surface area (Å²) in [5.74, 6) is 1.18. The van der Waals surface area contributed by atoms with Crippen LogP contribution in [0.3, 0.4) is 0 Å². The van der Waals surface area contributed by atoms with Crippen LogP contribution in [0.5, 0.6) is 0 Å². The zero-order valence-electron chi connectivity index (χ0n) is 9.61. The summed E-state index contributed by atoms with van der Waals surface area (Å²) >= 11 is 6.56. The average molecular weight is 284 g/mol. The molecule has 0 bridgehead atoms. The number of carbonyl (C=O) groups excluding carboxylic acids is 1. The molecule has 1 amide bonds. The number of amides is 1. The van der Waals surface area contributed by atoms with E-state index < -0.39 is 5.82 Å². The van der Waals surface area contributed by atoms with Gasteiger partial charge in [0.05, 0.1) is 11.3 Å². The molecule has 3 nitrogen and oxygen atoms in total. The normalized spacial score (nSPS) is 18.6. The molecule has 1 aromatic carbocycles. The zero-order valence-corrected chi connectivity index (χ0v) is 11.2. The van der Waals surface area contributed by atoms with E-state index in [-0.39, 0.29) is 22.4 Å². The third kappa shape index (κ3) is 2.81. The van der Waals surface area contributed by atoms with Crippen molar-refractivity contribution in [2.75, 3.05) is 16.8 Å². The number of hydrogen-bond donors (Lipinski definition) is 2. The molecule has 0 radical (unpaired) electrons. The summed E-state index contributed by atoms with van der Waals surface area (Å²) in [4.78, 5) is 11.9. The van der Waals surface area contributed by atoms with Gasteiger partial charge in [0, 0.05) is 11.7 Å². The molecule has 3 N–H and O–H groups in total. The van der Waals surface area contributed by atoms with Gasteiger partial charge in [0.25, 0.3) is 0 Å². The lowest BCUT2D eigenvalue weighted by Gasteiger charge is -2.13. The highest BCUT2D eigenvalue weighted by Gasteiger charge is 2.24. The van der Waals surface area contributed by atoms with Gasteiger partial charge in [-0.05, 0) is 24.3 Å². The Bertz CT molecular complexity index is 487. The minimum absolute atomic E-state index is 0.0162. The van der Waals surface area contributed by atoms with Gasteiger partial charge in [0.15, 0.2) is 0 Å². The van der Waals surface area contributed by atoms with Gasteiger partial charge in [-0.3, -0.25) is 4.79 Å². The first-order chi connectivity index (χ1) is 8.59. The molecule has 96 valence electrons. The quantitative estimate of drug-likeness (QED) is 0.835. The van der Waals surface area contributed by atoms with Crippen LogP contribution in [-0.4, -0.2) is 22.4 Å². The van der Waals surface area contributed by atoms with E-state index in [2.05, 4.69) is 5.32 Å². The molecule has 1 aliphatic rings. The van der Waals surface area contributed by atoms with Crippen molar-refractivity contribution in [2.24, 2.45) is 11.7 Å². The molecule has 2 rings (SSSR count). The molecule has 1 aliphatic heterocycles. The number of carbonyl (C=O) groups is 1. The largest absolute Gasteiger partial charge is 0.389 e. The summed E-state index contributed by atoms with van der Waals surface area (Å²) in [6, 6.07) is 4.41. The monoisotopic (exact) mass is 284 g/mol. The Morgan fingerprint density at radius 1 is 1.56 bits per heavy atom. The average Bonchev–Trinajstić information content (AvgIpc) is 2.81. The van der Waals surface area contributed by atoms with Gasteiger partial charge < -0.3 is 11.1 Å². The molecule has 0 saturated carbocycles. The molecule has 18 heavy (non-hydrogen) atoms. The summed E-state index contributed by atoms with van der Waals surface area (Å²) in [5, 5.41) is 2.71. The molecule has 0 aliphatic carbocycles. The minimum Gasteiger partial charge on any atom is -0.389 e. The molecular formula is C12H13FN2OS2. The van der Waals surface area contributed by atoms with Gasteiger partial charge in [-0.15, -0.1) is 0 Å². The smallest absolute Gasteiger partial charge is 0.228 e. The first-order valence-corrected chi connectivity index (χ1v) is 7.13. The number of thioether (sulfide) groups is 1. The first-order valence-electron chi connectivity index (χ1n) is 5.56. The van der Waals surface area contributed by atoms with Gasteiger partial charge in [-0.2, -0.15) is 11.8 Å². The van der Waals surface area contributed by atoms with Crippen molar-refractivity contribution in [2.45, 2.75) is 6.42 Å². The molecule has 6 heteroatoms. The van der Waals surface area contributed by atoms with E-state index in [9.17, 15) is 9.18 Å². The van der Waals surface area contributed by atoms with Gasteiger partial charge >= 0.3 is 0 Å². The molecule has 1 atom stereocenters. The van der Waals surface area contributed by atoms with E-state index in [1.807, 2.05) is 0 Å². The maximum absolute atomic E-state index is 13.6. The molecule has 0 spiro atoms. The summed E-state index contributed by atoms with van der Waals surface area (Å²) < 4.78 is 13.6. The Kier molecular flexibility index (Phi) is 4.19. The third-order valence-electron chi connectivity index (χ3n) is 2.82. The van der Waals surface area contributed by atoms with E-state index in [4.69, 9.17) is 18.0 Å². The van der Waals surface area contributed by atoms with Crippen LogP contribution in [-0.2, 0) is 4.79 Å². The lowest BCUT2D eigenvalue weighted by Crippen LogP contribution is -2.25. The number of halogens is 1. The van der Waals surface area contributed by atoms with Crippen LogP contribution in [0.25, 0.3) is 0 Å². The summed E-state index contributed by atoms with van der Waals surface area (Å²) in [7, 11) is 0. The number of benzene rings is 1. The van der Waals surface area contributed by atoms with Crippen LogP contribution in [0.1, 0.15) is 12.0 Å². The first kappa shape index (κ1) is 13.3. The Morgan fingerprint density at radius 2 is 2.33 bits per heavy atom. The summed E-state index contributed by atoms with van der Waals surface area (Å²) in [6.07, 6.45) is 0.855. The molecule has 1 saturated heterocycles. The fourth-order valence-corrected chi connectivity index (χ4v) is 3.28. The lowest BCUT2D eigenvalue weighted by atomic mass is 10.1. The van der Waals surface area contributed by atoms with Crippen LogP contribution in [0, 0.1) is 11.7 Å². The van der Waals surface area contributed by atoms with Crippen molar-refractivity contribution in [3.05, 3.63) is 29.6 Å². The molecule has 1 aromatic rings. The number of nitrogens with two attached hydrogens (primary N) is 1. The van der Waals surface area contributed by atoms with Crippen molar-refractivity contribution in [1.29, 1.82) is 0 Å². The van der Waals surface area contributed by atoms with Gasteiger partial charge in [-0.25, -0.2) is 4.39 Å². The van der Waals surface area contributed by atoms with Crippen molar-refractivity contribution < 1.29 is 9.18 Å². The van der Waals surface area contributed by atoms with Crippen LogP contribution in [0.2, 0.25) is 0 Å². The molecule has 1 heterocycles. The highest BCUT2D eigenvalue weighted by atomic mass is 32.2. The fourth-order valence-electron chi connectivity index (χ4n) is 1.85. The number of nitrogens with one attached hydrogen (secondary N) is 1. The second kappa shape index (κ2) is 5.67. The summed E-state index contributed by atoms with van der Waals surface area (Å²) in [5.41, 5.74) is 5.94. The fraction of sp³-hybridized carbons (Fsp3) is 0.333. The van der Waals surface area contributed by atoms with Crippen molar-refractivity contribution in [3.63, 3.8) is 0 Å². The van der Waals surface area contributed by atoms with E-state index in [0.717, 1.165) is 17.9 Å². The van der Waals surface area contributed by atoms with Crippen LogP contribution in [0.15, 0.2) is 18.2 Å². The highest BCUT2D eigenvalue weighted by molar-refractivity contribution is 7.99. The van der Waals surface area contributed by atoms with Crippen molar-refractivity contribution >= 4 is 40.6 Å². The van der Waals surface area contributed by atoms with E-state index >= 15 is 0 Å². The topological polar surface area (TPSA) is 55.1 Å². The van der Waals surface area contributed by atoms with Crippen molar-refractivity contribution in [3.8, 4) is 0 Å². The minimum atomic E-state index is -0.513. The number of thiocarbonyl (C=S) groups is 1. The number of anilines is 1. The van der Waals surface area contributed by atoms with E-state index in [1.165, 1.54) is 12.1 Å². The predicted octanol–water partition coefficient (Wildman–Crippen LogP) is 2.15. The lowest BCUT2D eigenvalue weighted by molar-refractivity contribution is -0.119. The van der Waals surface area contributed by atoms with Crippen LogP contribution in [0.4, 0.5) is 10.1 Å². The number of rotatable bonds is 3. The zero-order chi connectivity index (χ0) is 13.1. The van der Waals surface area contributed by atoms with E-state index in [0.29, 0.717) is 5.69 Å². The van der Waals surface area contributed by atoms with Gasteiger partial charge in [-0.1, -0.05) is 18.3 Å². The standard InChI is InChI=1S/C12H13FN2OS2/c13-8-2-1-3-9(10(8)11(14)17)15-12(16)7-4-5-18-6-7/h1-3,7H,4-6H2,(H2,14,17)(H,15,16).